The summed E-state index contributed by atoms with van der Waals surface area (Å²) in [5, 5.41) is 0. The molecule has 4 aromatic carbocycles. The lowest BCUT2D eigenvalue weighted by Gasteiger charge is -2.38. The summed E-state index contributed by atoms with van der Waals surface area (Å²) in [5.74, 6) is 0.839. The predicted octanol–water partition coefficient (Wildman–Crippen LogP) is 13.3. The molecule has 46 heavy (non-hydrogen) atoms. The Morgan fingerprint density at radius 1 is 0.630 bits per heavy atom. The van der Waals surface area contributed by atoms with Crippen molar-refractivity contribution >= 4 is 28.4 Å². The Morgan fingerprint density at radius 3 is 1.54 bits per heavy atom. The molecular weight excluding hydrogens is 556 g/mol. The maximum atomic E-state index is 2.48. The molecule has 0 N–H and O–H groups in total. The molecule has 0 amide bonds. The second kappa shape index (κ2) is 13.4. The summed E-state index contributed by atoms with van der Waals surface area (Å²) in [7, 11) is 0. The zero-order valence-electron chi connectivity index (χ0n) is 29.9. The molecule has 1 aliphatic rings. The van der Waals surface area contributed by atoms with E-state index >= 15 is 0 Å². The largest absolute Gasteiger partial charge is 0.311 e. The van der Waals surface area contributed by atoms with E-state index in [1.165, 1.54) is 56.4 Å². The molecule has 0 aliphatic heterocycles. The van der Waals surface area contributed by atoms with Crippen molar-refractivity contribution in [2.75, 3.05) is 9.80 Å². The molecule has 5 rings (SSSR count). The molecule has 2 unspecified atom stereocenters. The number of nitrogens with zero attached hydrogens (tertiary/aromatic N) is 2. The second-order valence-corrected chi connectivity index (χ2v) is 15.9. The molecule has 0 heterocycles. The molecule has 0 fully saturated rings. The molecule has 0 spiro atoms. The van der Waals surface area contributed by atoms with Crippen molar-refractivity contribution in [2.24, 2.45) is 16.7 Å². The van der Waals surface area contributed by atoms with Crippen molar-refractivity contribution in [2.45, 2.75) is 88.0 Å². The molecule has 1 aliphatic carbocycles. The smallest absolute Gasteiger partial charge is 0.0485 e. The van der Waals surface area contributed by atoms with E-state index in [1.54, 1.807) is 0 Å². The Labute approximate surface area is 279 Å². The van der Waals surface area contributed by atoms with Gasteiger partial charge in [0.05, 0.1) is 0 Å². The van der Waals surface area contributed by atoms with E-state index in [2.05, 4.69) is 188 Å². The van der Waals surface area contributed by atoms with Gasteiger partial charge in [-0.1, -0.05) is 97.0 Å². The van der Waals surface area contributed by atoms with Crippen LogP contribution in [-0.4, -0.2) is 0 Å². The highest BCUT2D eigenvalue weighted by atomic mass is 15.2. The van der Waals surface area contributed by atoms with Crippen LogP contribution in [0.1, 0.15) is 89.5 Å². The lowest BCUT2D eigenvalue weighted by molar-refractivity contribution is 0.229. The van der Waals surface area contributed by atoms with Crippen molar-refractivity contribution in [3.05, 3.63) is 137 Å². The number of rotatable bonds is 8. The number of aryl methyl sites for hydroxylation is 3. The van der Waals surface area contributed by atoms with Crippen LogP contribution in [0.15, 0.2) is 115 Å². The third-order valence-electron chi connectivity index (χ3n) is 9.00. The average molecular weight is 611 g/mol. The van der Waals surface area contributed by atoms with E-state index in [9.17, 15) is 0 Å². The van der Waals surface area contributed by atoms with Gasteiger partial charge < -0.3 is 9.80 Å². The summed E-state index contributed by atoms with van der Waals surface area (Å²) in [6.45, 7) is 23.2. The maximum absolute atomic E-state index is 2.48. The van der Waals surface area contributed by atoms with Gasteiger partial charge in [-0.25, -0.2) is 0 Å². The van der Waals surface area contributed by atoms with E-state index in [4.69, 9.17) is 0 Å². The van der Waals surface area contributed by atoms with Crippen LogP contribution in [-0.2, 0) is 0 Å². The van der Waals surface area contributed by atoms with E-state index in [1.807, 2.05) is 0 Å². The van der Waals surface area contributed by atoms with Crippen molar-refractivity contribution < 1.29 is 0 Å². The van der Waals surface area contributed by atoms with Crippen LogP contribution in [0.5, 0.6) is 0 Å². The third-order valence-corrected chi connectivity index (χ3v) is 9.00. The van der Waals surface area contributed by atoms with Crippen LogP contribution >= 0.6 is 0 Å². The second-order valence-electron chi connectivity index (χ2n) is 15.9. The van der Waals surface area contributed by atoms with E-state index in [0.29, 0.717) is 11.8 Å². The van der Waals surface area contributed by atoms with Gasteiger partial charge in [0.1, 0.15) is 0 Å². The molecule has 0 aromatic heterocycles. The number of allylic oxidation sites excluding steroid dienone is 3. The maximum Gasteiger partial charge on any atom is 0.0485 e. The normalized spacial score (nSPS) is 15.8. The first-order chi connectivity index (χ1) is 21.7. The monoisotopic (exact) mass is 610 g/mol. The minimum Gasteiger partial charge on any atom is -0.311 e. The number of anilines is 5. The SMILES string of the molecule is Cc1cccc(N(C2=CC(C)CC=C2)c2cc(C(CC(C)(C)C)C(C)(C)C)cc(N(c3cccc(C)c3)c3cccc(C)c3)c2)c1. The molecule has 0 bridgehead atoms. The van der Waals surface area contributed by atoms with E-state index in [0.717, 1.165) is 12.8 Å². The third kappa shape index (κ3) is 8.02. The summed E-state index contributed by atoms with van der Waals surface area (Å²) < 4.78 is 0. The minimum atomic E-state index is 0.0767. The standard InChI is InChI=1S/C44H54N2/c1-31-15-11-19-36(23-31)45(37-20-12-16-32(2)24-37)40-27-35(42(44(8,9)10)30-43(5,6)7)28-41(29-40)46(38-21-13-17-33(3)25-38)39-22-14-18-34(4)26-39/h11-17,19-29,34,42H,18,30H2,1-10H3. The molecule has 0 saturated heterocycles. The van der Waals surface area contributed by atoms with Crippen LogP contribution in [0.4, 0.5) is 28.4 Å². The van der Waals surface area contributed by atoms with Gasteiger partial charge >= 0.3 is 0 Å². The summed E-state index contributed by atoms with van der Waals surface area (Å²) in [4.78, 5) is 4.93. The molecular formula is C44H54N2. The summed E-state index contributed by atoms with van der Waals surface area (Å²) in [6, 6.07) is 34.1. The van der Waals surface area contributed by atoms with Crippen molar-refractivity contribution in [3.63, 3.8) is 0 Å². The van der Waals surface area contributed by atoms with Gasteiger partial charge in [-0.05, 0) is 139 Å². The fourth-order valence-corrected chi connectivity index (χ4v) is 6.78. The van der Waals surface area contributed by atoms with Crippen LogP contribution in [0.25, 0.3) is 0 Å². The number of hydrogen-bond acceptors (Lipinski definition) is 2. The fraction of sp³-hybridized carbons (Fsp3) is 0.364. The van der Waals surface area contributed by atoms with Gasteiger partial charge in [-0.15, -0.1) is 0 Å². The van der Waals surface area contributed by atoms with E-state index < -0.39 is 0 Å². The average Bonchev–Trinajstić information content (AvgIpc) is 2.95. The summed E-state index contributed by atoms with van der Waals surface area (Å²) in [6.07, 6.45) is 9.24. The lowest BCUT2D eigenvalue weighted by atomic mass is 9.69. The molecule has 0 saturated carbocycles. The molecule has 2 nitrogen and oxygen atoms in total. The van der Waals surface area contributed by atoms with Gasteiger partial charge in [0, 0.05) is 34.1 Å². The summed E-state index contributed by atoms with van der Waals surface area (Å²) >= 11 is 0. The number of benzene rings is 4. The Balaban J connectivity index is 1.84. The molecule has 4 aromatic rings. The van der Waals surface area contributed by atoms with Gasteiger partial charge in [-0.3, -0.25) is 0 Å². The first-order valence-electron chi connectivity index (χ1n) is 17.0. The van der Waals surface area contributed by atoms with Crippen LogP contribution in [0.2, 0.25) is 0 Å². The highest BCUT2D eigenvalue weighted by Crippen LogP contribution is 2.48. The van der Waals surface area contributed by atoms with Crippen LogP contribution < -0.4 is 9.80 Å². The van der Waals surface area contributed by atoms with Gasteiger partial charge in [0.15, 0.2) is 0 Å². The predicted molar refractivity (Wildman–Crippen MR) is 201 cm³/mol. The Bertz CT molecular complexity index is 1680. The highest BCUT2D eigenvalue weighted by molar-refractivity contribution is 5.82. The van der Waals surface area contributed by atoms with E-state index in [-0.39, 0.29) is 10.8 Å². The van der Waals surface area contributed by atoms with Crippen molar-refractivity contribution in [1.29, 1.82) is 0 Å². The number of hydrogen-bond donors (Lipinski definition) is 0. The highest BCUT2D eigenvalue weighted by Gasteiger charge is 2.32. The first-order valence-corrected chi connectivity index (χ1v) is 17.0. The van der Waals surface area contributed by atoms with Crippen molar-refractivity contribution in [1.82, 2.24) is 0 Å². The molecule has 2 heteroatoms. The van der Waals surface area contributed by atoms with Crippen molar-refractivity contribution in [3.8, 4) is 0 Å². The summed E-state index contributed by atoms with van der Waals surface area (Å²) in [5.41, 5.74) is 12.5. The van der Waals surface area contributed by atoms with Gasteiger partial charge in [-0.2, -0.15) is 0 Å². The topological polar surface area (TPSA) is 6.48 Å². The lowest BCUT2D eigenvalue weighted by Crippen LogP contribution is -2.25. The zero-order chi connectivity index (χ0) is 33.2. The Hall–Kier alpha value is -4.04. The zero-order valence-corrected chi connectivity index (χ0v) is 29.9. The minimum absolute atomic E-state index is 0.0767. The van der Waals surface area contributed by atoms with Crippen LogP contribution in [0, 0.1) is 37.5 Å². The first kappa shape index (κ1) is 33.3. The Morgan fingerprint density at radius 2 is 1.11 bits per heavy atom. The molecule has 240 valence electrons. The van der Waals surface area contributed by atoms with Crippen LogP contribution in [0.3, 0.4) is 0 Å². The molecule has 0 radical (unpaired) electrons. The van der Waals surface area contributed by atoms with Gasteiger partial charge in [0.2, 0.25) is 0 Å². The quantitative estimate of drug-likeness (QED) is 0.196. The Kier molecular flexibility index (Phi) is 9.68. The molecule has 2 atom stereocenters. The van der Waals surface area contributed by atoms with Gasteiger partial charge in [0.25, 0.3) is 0 Å². The fourth-order valence-electron chi connectivity index (χ4n) is 6.78.